The third kappa shape index (κ3) is 1.18. The lowest BCUT2D eigenvalue weighted by Gasteiger charge is -2.15. The van der Waals surface area contributed by atoms with Crippen molar-refractivity contribution in [1.29, 1.82) is 0 Å². The van der Waals surface area contributed by atoms with E-state index in [1.54, 1.807) is 0 Å². The highest BCUT2D eigenvalue weighted by Crippen LogP contribution is 2.24. The van der Waals surface area contributed by atoms with E-state index in [1.165, 1.54) is 6.20 Å². The summed E-state index contributed by atoms with van der Waals surface area (Å²) < 4.78 is 5.00. The summed E-state index contributed by atoms with van der Waals surface area (Å²) in [7, 11) is 0. The highest BCUT2D eigenvalue weighted by Gasteiger charge is 2.17. The van der Waals surface area contributed by atoms with Crippen LogP contribution >= 0.6 is 11.6 Å². The summed E-state index contributed by atoms with van der Waals surface area (Å²) in [4.78, 5) is 18.3. The number of amides is 1. The van der Waals surface area contributed by atoms with Crippen LogP contribution in [0, 0.1) is 0 Å². The van der Waals surface area contributed by atoms with E-state index >= 15 is 0 Å². The molecule has 0 bridgehead atoms. The highest BCUT2D eigenvalue weighted by molar-refractivity contribution is 6.28. The normalized spacial score (nSPS) is 14.6. The molecule has 0 saturated heterocycles. The van der Waals surface area contributed by atoms with Crippen LogP contribution in [0.4, 0.5) is 5.82 Å². The number of nitrogens with zero attached hydrogens (tertiary/aromatic N) is 2. The zero-order valence-corrected chi connectivity index (χ0v) is 6.63. The van der Waals surface area contributed by atoms with E-state index in [1.807, 2.05) is 0 Å². The van der Waals surface area contributed by atoms with Crippen LogP contribution in [-0.4, -0.2) is 22.5 Å². The minimum atomic E-state index is -0.239. The van der Waals surface area contributed by atoms with E-state index in [0.717, 1.165) is 0 Å². The maximum Gasteiger partial charge on any atom is 0.263 e. The second-order valence-electron chi connectivity index (χ2n) is 2.19. The van der Waals surface area contributed by atoms with Crippen molar-refractivity contribution >= 4 is 23.3 Å². The maximum absolute atomic E-state index is 10.8. The fourth-order valence-electron chi connectivity index (χ4n) is 0.856. The molecule has 0 unspecified atom stereocenters. The highest BCUT2D eigenvalue weighted by atomic mass is 35.5. The van der Waals surface area contributed by atoms with Crippen molar-refractivity contribution in [1.82, 2.24) is 9.97 Å². The van der Waals surface area contributed by atoms with Gasteiger partial charge in [0, 0.05) is 0 Å². The molecule has 6 heteroatoms. The number of hydrogen-bond donors (Lipinski definition) is 1. The Hall–Kier alpha value is -1.36. The van der Waals surface area contributed by atoms with E-state index in [0.29, 0.717) is 11.6 Å². The number of hydrogen-bond acceptors (Lipinski definition) is 4. The molecule has 62 valence electrons. The van der Waals surface area contributed by atoms with Gasteiger partial charge < -0.3 is 10.1 Å². The van der Waals surface area contributed by atoms with E-state index < -0.39 is 0 Å². The minimum Gasteiger partial charge on any atom is -0.478 e. The molecule has 0 fully saturated rings. The molecule has 0 atom stereocenters. The molecule has 5 nitrogen and oxygen atoms in total. The fourth-order valence-corrected chi connectivity index (χ4v) is 0.989. The molecule has 0 aromatic carbocycles. The van der Waals surface area contributed by atoms with Crippen LogP contribution in [-0.2, 0) is 4.79 Å². The zero-order valence-electron chi connectivity index (χ0n) is 5.87. The van der Waals surface area contributed by atoms with Gasteiger partial charge in [0.1, 0.15) is 0 Å². The minimum absolute atomic E-state index is 0.00199. The zero-order chi connectivity index (χ0) is 8.55. The summed E-state index contributed by atoms with van der Waals surface area (Å²) in [6, 6.07) is 0. The fraction of sp³-hybridized carbons (Fsp3) is 0.167. The lowest BCUT2D eigenvalue weighted by molar-refractivity contribution is -0.118. The number of nitrogens with one attached hydrogen (secondary N) is 1. The summed E-state index contributed by atoms with van der Waals surface area (Å²) in [5.41, 5.74) is 0. The molecule has 1 aromatic rings. The van der Waals surface area contributed by atoms with Gasteiger partial charge in [0.15, 0.2) is 18.2 Å². The molecular formula is C6H4ClN3O2. The number of halogens is 1. The first kappa shape index (κ1) is 7.30. The number of carbonyl (C=O) groups is 1. The predicted octanol–water partition coefficient (Wildman–Crippen LogP) is 0.461. The number of aromatic nitrogens is 2. The summed E-state index contributed by atoms with van der Waals surface area (Å²) in [5, 5.41) is 2.58. The van der Waals surface area contributed by atoms with Gasteiger partial charge in [-0.25, -0.2) is 4.98 Å². The molecule has 1 amide bonds. The van der Waals surface area contributed by atoms with Gasteiger partial charge in [-0.3, -0.25) is 4.79 Å². The van der Waals surface area contributed by atoms with Crippen LogP contribution in [0.1, 0.15) is 0 Å². The molecule has 0 aliphatic carbocycles. The Bertz CT molecular complexity index is 342. The van der Waals surface area contributed by atoms with Crippen LogP contribution in [0.2, 0.25) is 5.28 Å². The third-order valence-corrected chi connectivity index (χ3v) is 1.52. The van der Waals surface area contributed by atoms with Crippen molar-refractivity contribution in [3.8, 4) is 5.75 Å². The Balaban J connectivity index is 2.44. The number of anilines is 1. The molecule has 0 spiro atoms. The van der Waals surface area contributed by atoms with Gasteiger partial charge in [-0.15, -0.1) is 0 Å². The molecule has 2 heterocycles. The first-order chi connectivity index (χ1) is 5.75. The summed E-state index contributed by atoms with van der Waals surface area (Å²) in [5.74, 6) is 0.530. The van der Waals surface area contributed by atoms with Gasteiger partial charge in [-0.2, -0.15) is 4.98 Å². The number of carbonyl (C=O) groups excluding carboxylic acids is 1. The topological polar surface area (TPSA) is 64.1 Å². The van der Waals surface area contributed by atoms with Gasteiger partial charge in [-0.05, 0) is 11.6 Å². The second-order valence-corrected chi connectivity index (χ2v) is 2.53. The summed E-state index contributed by atoms with van der Waals surface area (Å²) >= 11 is 5.50. The molecule has 1 N–H and O–H groups in total. The molecule has 1 aliphatic rings. The molecule has 0 radical (unpaired) electrons. The molecule has 12 heavy (non-hydrogen) atoms. The van der Waals surface area contributed by atoms with Crippen molar-refractivity contribution in [2.75, 3.05) is 11.9 Å². The Morgan fingerprint density at radius 3 is 3.33 bits per heavy atom. The van der Waals surface area contributed by atoms with Crippen molar-refractivity contribution in [3.63, 3.8) is 0 Å². The standard InChI is InChI=1S/C6H4ClN3O2/c7-6-8-1-3-5(10-6)9-4(11)2-12-3/h1H,2H2,(H,8,9,10,11). The summed E-state index contributed by atoms with van der Waals surface area (Å²) in [6.07, 6.45) is 1.42. The molecular weight excluding hydrogens is 182 g/mol. The Labute approximate surface area is 72.7 Å². The van der Waals surface area contributed by atoms with Crippen molar-refractivity contribution < 1.29 is 9.53 Å². The van der Waals surface area contributed by atoms with E-state index in [2.05, 4.69) is 15.3 Å². The lowest BCUT2D eigenvalue weighted by Crippen LogP contribution is -2.26. The van der Waals surface area contributed by atoms with E-state index in [-0.39, 0.29) is 17.8 Å². The molecule has 2 rings (SSSR count). The Morgan fingerprint density at radius 2 is 2.50 bits per heavy atom. The van der Waals surface area contributed by atoms with E-state index in [4.69, 9.17) is 16.3 Å². The average Bonchev–Trinajstić information content (AvgIpc) is 2.03. The summed E-state index contributed by atoms with van der Waals surface area (Å²) in [6.45, 7) is -0.00199. The van der Waals surface area contributed by atoms with Crippen molar-refractivity contribution in [2.45, 2.75) is 0 Å². The molecule has 1 aromatic heterocycles. The third-order valence-electron chi connectivity index (χ3n) is 1.34. The molecule has 1 aliphatic heterocycles. The van der Waals surface area contributed by atoms with Crippen molar-refractivity contribution in [2.24, 2.45) is 0 Å². The Morgan fingerprint density at radius 1 is 1.67 bits per heavy atom. The van der Waals surface area contributed by atoms with Crippen LogP contribution in [0.5, 0.6) is 5.75 Å². The number of rotatable bonds is 0. The van der Waals surface area contributed by atoms with Gasteiger partial charge in [0.25, 0.3) is 5.91 Å². The number of ether oxygens (including phenoxy) is 1. The van der Waals surface area contributed by atoms with Gasteiger partial charge >= 0.3 is 0 Å². The predicted molar refractivity (Wildman–Crippen MR) is 41.2 cm³/mol. The first-order valence-corrected chi connectivity index (χ1v) is 3.59. The average molecular weight is 186 g/mol. The van der Waals surface area contributed by atoms with Crippen LogP contribution in [0.15, 0.2) is 6.20 Å². The number of fused-ring (bicyclic) bond motifs is 1. The largest absolute Gasteiger partial charge is 0.478 e. The van der Waals surface area contributed by atoms with E-state index in [9.17, 15) is 4.79 Å². The SMILES string of the molecule is O=C1COc2cnc(Cl)nc2N1. The maximum atomic E-state index is 10.8. The van der Waals surface area contributed by atoms with Crippen LogP contribution in [0.25, 0.3) is 0 Å². The Kier molecular flexibility index (Phi) is 1.58. The first-order valence-electron chi connectivity index (χ1n) is 3.21. The quantitative estimate of drug-likeness (QED) is 0.597. The lowest BCUT2D eigenvalue weighted by atomic mass is 10.4. The smallest absolute Gasteiger partial charge is 0.263 e. The van der Waals surface area contributed by atoms with Gasteiger partial charge in [-0.1, -0.05) is 0 Å². The monoisotopic (exact) mass is 185 g/mol. The van der Waals surface area contributed by atoms with Gasteiger partial charge in [0.05, 0.1) is 6.20 Å². The van der Waals surface area contributed by atoms with Crippen molar-refractivity contribution in [3.05, 3.63) is 11.5 Å². The molecule has 0 saturated carbocycles. The van der Waals surface area contributed by atoms with Gasteiger partial charge in [0.2, 0.25) is 5.28 Å². The second kappa shape index (κ2) is 2.60. The van der Waals surface area contributed by atoms with Crippen LogP contribution in [0.3, 0.4) is 0 Å². The van der Waals surface area contributed by atoms with Crippen LogP contribution < -0.4 is 10.1 Å².